The molecule has 4 heteroatoms. The number of hydrogen-bond donors (Lipinski definition) is 0. The van der Waals surface area contributed by atoms with Crippen LogP contribution in [0.4, 0.5) is 0 Å². The zero-order chi connectivity index (χ0) is 20.8. The molecule has 0 bridgehead atoms. The molecule has 5 aromatic carbocycles. The van der Waals surface area contributed by atoms with Crippen LogP contribution in [0.15, 0.2) is 82.6 Å². The van der Waals surface area contributed by atoms with E-state index in [0.717, 1.165) is 42.1 Å². The summed E-state index contributed by atoms with van der Waals surface area (Å²) < 4.78 is 0. The molecule has 0 heterocycles. The summed E-state index contributed by atoms with van der Waals surface area (Å²) in [6.45, 7) is 3.18. The summed E-state index contributed by atoms with van der Waals surface area (Å²) in [4.78, 5) is 25.2. The second kappa shape index (κ2) is 7.46. The first-order valence-corrected chi connectivity index (χ1v) is 11.3. The molecule has 0 saturated carbocycles. The van der Waals surface area contributed by atoms with Crippen molar-refractivity contribution in [1.82, 2.24) is 0 Å². The third-order valence-corrected chi connectivity index (χ3v) is 6.82. The van der Waals surface area contributed by atoms with Crippen LogP contribution >= 0.6 is 23.5 Å². The monoisotopic (exact) mass is 426 g/mol. The van der Waals surface area contributed by atoms with Gasteiger partial charge in [0.1, 0.15) is 0 Å². The van der Waals surface area contributed by atoms with Gasteiger partial charge in [0.25, 0.3) is 0 Å². The molecule has 30 heavy (non-hydrogen) atoms. The van der Waals surface area contributed by atoms with Crippen molar-refractivity contribution in [2.45, 2.75) is 23.6 Å². The van der Waals surface area contributed by atoms with E-state index < -0.39 is 0 Å². The average Bonchev–Trinajstić information content (AvgIpc) is 2.72. The number of carbonyl (C=O) groups excluding carboxylic acids is 2. The molecule has 0 N–H and O–H groups in total. The number of carbonyl (C=O) groups is 2. The standard InChI is InChI=1S/C26H18O2S2/c1-15(27)29-21-11-9-17-3-5-19-7-8-20-6-4-18-10-12-22(30-16(2)28)14-24(18)26(20)25(19)23(17)13-21/h3-14H,1-2H3. The number of rotatable bonds is 2. The molecule has 0 saturated heterocycles. The number of thioether (sulfide) groups is 2. The normalized spacial score (nSPS) is 11.5. The van der Waals surface area contributed by atoms with E-state index >= 15 is 0 Å². The fraction of sp³-hybridized carbons (Fsp3) is 0.0769. The molecular weight excluding hydrogens is 408 g/mol. The van der Waals surface area contributed by atoms with Gasteiger partial charge in [-0.1, -0.05) is 72.1 Å². The van der Waals surface area contributed by atoms with Gasteiger partial charge in [-0.25, -0.2) is 0 Å². The van der Waals surface area contributed by atoms with Crippen molar-refractivity contribution in [3.63, 3.8) is 0 Å². The number of fused-ring (bicyclic) bond motifs is 7. The Balaban J connectivity index is 1.94. The van der Waals surface area contributed by atoms with Crippen LogP contribution in [0.5, 0.6) is 0 Å². The minimum Gasteiger partial charge on any atom is -0.287 e. The predicted molar refractivity (Wildman–Crippen MR) is 130 cm³/mol. The third kappa shape index (κ3) is 3.36. The van der Waals surface area contributed by atoms with Crippen LogP contribution in [0, 0.1) is 0 Å². The Labute approximate surface area is 182 Å². The summed E-state index contributed by atoms with van der Waals surface area (Å²) in [5.41, 5.74) is 0. The van der Waals surface area contributed by atoms with Gasteiger partial charge in [-0.3, -0.25) is 9.59 Å². The van der Waals surface area contributed by atoms with E-state index in [4.69, 9.17) is 0 Å². The zero-order valence-electron chi connectivity index (χ0n) is 16.6. The van der Waals surface area contributed by atoms with Crippen molar-refractivity contribution in [2.24, 2.45) is 0 Å². The fourth-order valence-corrected chi connectivity index (χ4v) is 5.40. The Bertz CT molecular complexity index is 1380. The van der Waals surface area contributed by atoms with Crippen LogP contribution in [0.1, 0.15) is 13.8 Å². The largest absolute Gasteiger partial charge is 0.287 e. The quantitative estimate of drug-likeness (QED) is 0.215. The molecule has 2 nitrogen and oxygen atoms in total. The summed E-state index contributed by atoms with van der Waals surface area (Å²) >= 11 is 2.52. The molecule has 0 aliphatic heterocycles. The smallest absolute Gasteiger partial charge is 0.190 e. The highest BCUT2D eigenvalue weighted by Gasteiger charge is 2.11. The number of benzene rings is 5. The molecule has 5 rings (SSSR count). The van der Waals surface area contributed by atoms with Crippen molar-refractivity contribution in [2.75, 3.05) is 0 Å². The van der Waals surface area contributed by atoms with Gasteiger partial charge in [-0.05, 0) is 67.4 Å². The first-order chi connectivity index (χ1) is 14.5. The molecule has 0 aliphatic carbocycles. The van der Waals surface area contributed by atoms with Crippen molar-refractivity contribution in [1.29, 1.82) is 0 Å². The van der Waals surface area contributed by atoms with E-state index in [2.05, 4.69) is 60.7 Å². The van der Waals surface area contributed by atoms with Gasteiger partial charge < -0.3 is 0 Å². The van der Waals surface area contributed by atoms with Crippen LogP contribution in [0.3, 0.4) is 0 Å². The van der Waals surface area contributed by atoms with Gasteiger partial charge in [0.2, 0.25) is 0 Å². The van der Waals surface area contributed by atoms with Crippen LogP contribution < -0.4 is 0 Å². The Morgan fingerprint density at radius 3 is 1.23 bits per heavy atom. The number of hydrogen-bond acceptors (Lipinski definition) is 4. The molecule has 0 spiro atoms. The van der Waals surface area contributed by atoms with Gasteiger partial charge in [0.05, 0.1) is 0 Å². The summed E-state index contributed by atoms with van der Waals surface area (Å²) in [6, 6.07) is 25.3. The molecule has 0 aliphatic rings. The summed E-state index contributed by atoms with van der Waals surface area (Å²) in [5.74, 6) is 0. The maximum atomic E-state index is 11.7. The summed E-state index contributed by atoms with van der Waals surface area (Å²) in [6.07, 6.45) is 0. The van der Waals surface area contributed by atoms with Crippen molar-refractivity contribution < 1.29 is 9.59 Å². The molecule has 0 unspecified atom stereocenters. The van der Waals surface area contributed by atoms with Crippen LogP contribution in [-0.2, 0) is 9.59 Å². The van der Waals surface area contributed by atoms with Crippen molar-refractivity contribution in [3.05, 3.63) is 72.8 Å². The highest BCUT2D eigenvalue weighted by atomic mass is 32.2. The van der Waals surface area contributed by atoms with E-state index in [9.17, 15) is 9.59 Å². The average molecular weight is 427 g/mol. The second-order valence-electron chi connectivity index (χ2n) is 7.35. The van der Waals surface area contributed by atoms with Crippen molar-refractivity contribution >= 4 is 76.8 Å². The van der Waals surface area contributed by atoms with Crippen LogP contribution in [0.25, 0.3) is 43.1 Å². The molecule has 0 fully saturated rings. The zero-order valence-corrected chi connectivity index (χ0v) is 18.2. The highest BCUT2D eigenvalue weighted by Crippen LogP contribution is 2.39. The summed E-state index contributed by atoms with van der Waals surface area (Å²) in [5, 5.41) is 9.44. The predicted octanol–water partition coefficient (Wildman–Crippen LogP) is 7.58. The Kier molecular flexibility index (Phi) is 4.76. The molecule has 0 amide bonds. The van der Waals surface area contributed by atoms with Gasteiger partial charge in [0.15, 0.2) is 10.2 Å². The van der Waals surface area contributed by atoms with Crippen LogP contribution in [-0.4, -0.2) is 10.2 Å². The van der Waals surface area contributed by atoms with Gasteiger partial charge in [-0.15, -0.1) is 0 Å². The maximum absolute atomic E-state index is 11.7. The van der Waals surface area contributed by atoms with E-state index in [-0.39, 0.29) is 10.2 Å². The molecule has 0 aromatic heterocycles. The Hall–Kier alpha value is -2.82. The second-order valence-corrected chi connectivity index (χ2v) is 9.85. The topological polar surface area (TPSA) is 34.1 Å². The first kappa shape index (κ1) is 19.2. The minimum absolute atomic E-state index is 0.0794. The first-order valence-electron chi connectivity index (χ1n) is 9.68. The van der Waals surface area contributed by atoms with E-state index in [0.29, 0.717) is 0 Å². The van der Waals surface area contributed by atoms with Crippen LogP contribution in [0.2, 0.25) is 0 Å². The molecule has 146 valence electrons. The van der Waals surface area contributed by atoms with E-state index in [1.807, 2.05) is 12.1 Å². The summed E-state index contributed by atoms with van der Waals surface area (Å²) in [7, 11) is 0. The molecular formula is C26H18O2S2. The van der Waals surface area contributed by atoms with E-state index in [1.54, 1.807) is 13.8 Å². The Morgan fingerprint density at radius 1 is 0.533 bits per heavy atom. The molecule has 0 radical (unpaired) electrons. The lowest BCUT2D eigenvalue weighted by Gasteiger charge is -2.12. The lowest BCUT2D eigenvalue weighted by molar-refractivity contribution is -0.109. The SMILES string of the molecule is CC(=O)Sc1ccc2ccc3ccc4ccc5ccc(SC(C)=O)cc5c4c3c2c1. The van der Waals surface area contributed by atoms with Gasteiger partial charge in [0, 0.05) is 23.6 Å². The van der Waals surface area contributed by atoms with Crippen molar-refractivity contribution in [3.8, 4) is 0 Å². The van der Waals surface area contributed by atoms with Gasteiger partial charge >= 0.3 is 0 Å². The maximum Gasteiger partial charge on any atom is 0.190 e. The van der Waals surface area contributed by atoms with Gasteiger partial charge in [-0.2, -0.15) is 0 Å². The minimum atomic E-state index is 0.0794. The lowest BCUT2D eigenvalue weighted by atomic mass is 9.93. The molecule has 0 atom stereocenters. The highest BCUT2D eigenvalue weighted by molar-refractivity contribution is 8.13. The third-order valence-electron chi connectivity index (χ3n) is 5.27. The van der Waals surface area contributed by atoms with E-state index in [1.165, 1.54) is 34.3 Å². The molecule has 5 aromatic rings. The Morgan fingerprint density at radius 2 is 0.867 bits per heavy atom. The fourth-order valence-electron chi connectivity index (χ4n) is 4.11. The lowest BCUT2D eigenvalue weighted by Crippen LogP contribution is -1.87.